The maximum absolute atomic E-state index is 12.3. The van der Waals surface area contributed by atoms with Gasteiger partial charge < -0.3 is 4.84 Å². The number of rotatable bonds is 5. The molecule has 0 amide bonds. The van der Waals surface area contributed by atoms with Crippen molar-refractivity contribution in [2.24, 2.45) is 10.2 Å². The Labute approximate surface area is 196 Å². The molecule has 1 aliphatic rings. The third-order valence-corrected chi connectivity index (χ3v) is 5.69. The van der Waals surface area contributed by atoms with Crippen molar-refractivity contribution in [2.45, 2.75) is 13.8 Å². The molecule has 4 aromatic rings. The number of carbonyl (C=O) groups is 1. The van der Waals surface area contributed by atoms with Crippen molar-refractivity contribution in [3.8, 4) is 17.1 Å². The number of nitrogens with one attached hydrogen (secondary N) is 2. The first-order valence-electron chi connectivity index (χ1n) is 10.1. The molecule has 170 valence electrons. The van der Waals surface area contributed by atoms with E-state index < -0.39 is 11.6 Å². The van der Waals surface area contributed by atoms with E-state index >= 15 is 0 Å². The van der Waals surface area contributed by atoms with Crippen molar-refractivity contribution >= 4 is 28.1 Å². The van der Waals surface area contributed by atoms with Gasteiger partial charge in [0.2, 0.25) is 10.8 Å². The number of aromatic nitrogens is 3. The Bertz CT molecular complexity index is 1470. The van der Waals surface area contributed by atoms with E-state index in [0.29, 0.717) is 16.5 Å². The van der Waals surface area contributed by atoms with Crippen LogP contribution in [0.2, 0.25) is 0 Å². The predicted molar refractivity (Wildman–Crippen MR) is 122 cm³/mol. The fourth-order valence-corrected chi connectivity index (χ4v) is 3.82. The average molecular weight is 476 g/mol. The van der Waals surface area contributed by atoms with Crippen LogP contribution in [0.4, 0.5) is 10.8 Å². The van der Waals surface area contributed by atoms with Gasteiger partial charge in [0.05, 0.1) is 11.9 Å². The van der Waals surface area contributed by atoms with Gasteiger partial charge in [-0.05, 0) is 35.9 Å². The Kier molecular flexibility index (Phi) is 5.57. The number of benzene rings is 2. The number of H-pyrrole nitrogens is 1. The van der Waals surface area contributed by atoms with Gasteiger partial charge in [-0.15, -0.1) is 16.5 Å². The van der Waals surface area contributed by atoms with E-state index in [4.69, 9.17) is 9.36 Å². The predicted octanol–water partition coefficient (Wildman–Crippen LogP) is 3.39. The van der Waals surface area contributed by atoms with Crippen molar-refractivity contribution in [2.75, 3.05) is 5.01 Å². The van der Waals surface area contributed by atoms with E-state index in [2.05, 4.69) is 26.1 Å². The first-order chi connectivity index (χ1) is 16.5. The van der Waals surface area contributed by atoms with Crippen molar-refractivity contribution < 1.29 is 18.8 Å². The molecule has 0 unspecified atom stereocenters. The van der Waals surface area contributed by atoms with E-state index in [1.54, 1.807) is 5.38 Å². The number of aryl methyl sites for hydroxylation is 2. The van der Waals surface area contributed by atoms with Gasteiger partial charge in [-0.1, -0.05) is 41.0 Å². The maximum Gasteiger partial charge on any atom is 0.437 e. The Hall–Kier alpha value is -4.42. The number of hydrogen-bond donors (Lipinski definition) is 2. The highest BCUT2D eigenvalue weighted by Crippen LogP contribution is 2.26. The quantitative estimate of drug-likeness (QED) is 0.257. The molecular formula is C22H18N7O4S+. The fraction of sp³-hybridized carbons (Fsp3) is 0.0909. The van der Waals surface area contributed by atoms with Crippen LogP contribution in [0, 0.1) is 13.8 Å². The Morgan fingerprint density at radius 2 is 1.76 bits per heavy atom. The first-order valence-corrected chi connectivity index (χ1v) is 11.0. The molecule has 34 heavy (non-hydrogen) atoms. The second-order valence-electron chi connectivity index (χ2n) is 7.40. The zero-order chi connectivity index (χ0) is 23.7. The number of thiazole rings is 1. The number of anilines is 1. The van der Waals surface area contributed by atoms with Crippen LogP contribution in [0.25, 0.3) is 17.1 Å². The van der Waals surface area contributed by atoms with Gasteiger partial charge in [-0.3, -0.25) is 4.52 Å². The van der Waals surface area contributed by atoms with Crippen LogP contribution in [-0.2, 0) is 9.63 Å². The summed E-state index contributed by atoms with van der Waals surface area (Å²) >= 11 is 1.19. The van der Waals surface area contributed by atoms with E-state index in [9.17, 15) is 9.59 Å². The van der Waals surface area contributed by atoms with Crippen molar-refractivity contribution in [3.05, 3.63) is 87.4 Å². The standard InChI is InChI=1S/C22H17N7O4S/c1-13-3-7-15(8-4-13)28-18(20(30)32-26-28)11-23-25-22-24-17(12-34-22)19-21(31)33-27-29(19)16-9-5-14(2)6-10-16/h3-12,26H,1-2H3/p+1/b18-11-,25-23?. The molecular weight excluding hydrogens is 458 g/mol. The van der Waals surface area contributed by atoms with Gasteiger partial charge in [-0.2, -0.15) is 5.11 Å². The number of hydrogen-bond acceptors (Lipinski definition) is 10. The van der Waals surface area contributed by atoms with Gasteiger partial charge in [-0.25, -0.2) is 19.6 Å². The van der Waals surface area contributed by atoms with Gasteiger partial charge in [0.25, 0.3) is 0 Å². The number of hydrazine groups is 1. The number of aromatic amines is 1. The van der Waals surface area contributed by atoms with E-state index in [1.807, 2.05) is 62.4 Å². The highest BCUT2D eigenvalue weighted by atomic mass is 32.1. The third-order valence-electron chi connectivity index (χ3n) is 4.97. The summed E-state index contributed by atoms with van der Waals surface area (Å²) in [5.74, 6) is -0.594. The van der Waals surface area contributed by atoms with Crippen LogP contribution in [-0.4, -0.2) is 16.2 Å². The van der Waals surface area contributed by atoms with E-state index in [0.717, 1.165) is 16.8 Å². The lowest BCUT2D eigenvalue weighted by molar-refractivity contribution is -0.660. The number of nitrogens with zero attached hydrogens (tertiary/aromatic N) is 5. The van der Waals surface area contributed by atoms with Gasteiger partial charge in [0, 0.05) is 17.5 Å². The minimum absolute atomic E-state index is 0.160. The van der Waals surface area contributed by atoms with Gasteiger partial charge in [0.1, 0.15) is 0 Å². The molecule has 2 N–H and O–H groups in total. The summed E-state index contributed by atoms with van der Waals surface area (Å²) in [6, 6.07) is 15.1. The van der Waals surface area contributed by atoms with Gasteiger partial charge in [0.15, 0.2) is 11.4 Å². The molecule has 1 saturated heterocycles. The third kappa shape index (κ3) is 4.14. The summed E-state index contributed by atoms with van der Waals surface area (Å²) in [4.78, 5) is 33.7. The topological polar surface area (TPSA) is 129 Å². The minimum atomic E-state index is -0.594. The molecule has 12 heteroatoms. The van der Waals surface area contributed by atoms with E-state index in [-0.39, 0.29) is 11.4 Å². The van der Waals surface area contributed by atoms with Gasteiger partial charge >= 0.3 is 17.3 Å². The molecule has 2 aromatic heterocycles. The van der Waals surface area contributed by atoms with Crippen molar-refractivity contribution in [3.63, 3.8) is 0 Å². The number of carbonyl (C=O) groups excluding carboxylic acids is 1. The first kappa shape index (κ1) is 21.4. The molecule has 5 rings (SSSR count). The van der Waals surface area contributed by atoms with Crippen LogP contribution >= 0.6 is 11.3 Å². The lowest BCUT2D eigenvalue weighted by Gasteiger charge is -2.14. The molecule has 0 aliphatic carbocycles. The van der Waals surface area contributed by atoms with Crippen molar-refractivity contribution in [1.29, 1.82) is 0 Å². The zero-order valence-electron chi connectivity index (χ0n) is 18.1. The highest BCUT2D eigenvalue weighted by Gasteiger charge is 2.30. The average Bonchev–Trinajstić information content (AvgIpc) is 3.54. The molecule has 3 heterocycles. The SMILES string of the molecule is Cc1ccc(N2NOC(=O)/C2=C/N=Nc2nc(-c3c(=O)o[nH][n+]3-c3ccc(C)cc3)cs2)cc1. The molecule has 0 radical (unpaired) electrons. The summed E-state index contributed by atoms with van der Waals surface area (Å²) < 4.78 is 6.50. The van der Waals surface area contributed by atoms with Crippen molar-refractivity contribution in [1.82, 2.24) is 15.8 Å². The smallest absolute Gasteiger partial charge is 0.345 e. The molecule has 0 bridgehead atoms. The molecule has 1 fully saturated rings. The second kappa shape index (κ2) is 8.84. The molecule has 0 saturated carbocycles. The lowest BCUT2D eigenvalue weighted by Crippen LogP contribution is -2.36. The summed E-state index contributed by atoms with van der Waals surface area (Å²) in [5.41, 5.74) is 6.34. The normalized spacial score (nSPS) is 14.9. The summed E-state index contributed by atoms with van der Waals surface area (Å²) in [5, 5.41) is 14.1. The Morgan fingerprint density at radius 1 is 1.06 bits per heavy atom. The minimum Gasteiger partial charge on any atom is -0.345 e. The molecule has 0 atom stereocenters. The monoisotopic (exact) mass is 476 g/mol. The summed E-state index contributed by atoms with van der Waals surface area (Å²) in [6.45, 7) is 3.94. The maximum atomic E-state index is 12.3. The van der Waals surface area contributed by atoms with Crippen LogP contribution < -0.4 is 20.9 Å². The number of azo groups is 1. The van der Waals surface area contributed by atoms with Crippen LogP contribution in [0.15, 0.2) is 85.4 Å². The lowest BCUT2D eigenvalue weighted by atomic mass is 10.2. The highest BCUT2D eigenvalue weighted by molar-refractivity contribution is 7.13. The molecule has 11 nitrogen and oxygen atoms in total. The molecule has 2 aromatic carbocycles. The van der Waals surface area contributed by atoms with Crippen LogP contribution in [0.5, 0.6) is 0 Å². The van der Waals surface area contributed by atoms with Crippen LogP contribution in [0.1, 0.15) is 11.1 Å². The zero-order valence-corrected chi connectivity index (χ0v) is 18.9. The van der Waals surface area contributed by atoms with Crippen LogP contribution in [0.3, 0.4) is 0 Å². The van der Waals surface area contributed by atoms with E-state index in [1.165, 1.54) is 27.2 Å². The largest absolute Gasteiger partial charge is 0.437 e. The molecule has 0 spiro atoms. The summed E-state index contributed by atoms with van der Waals surface area (Å²) in [7, 11) is 0. The molecule has 1 aliphatic heterocycles. The second-order valence-corrected chi connectivity index (χ2v) is 8.23. The summed E-state index contributed by atoms with van der Waals surface area (Å²) in [6.07, 6.45) is 1.28. The fourth-order valence-electron chi connectivity index (χ4n) is 3.19. The Morgan fingerprint density at radius 3 is 2.50 bits per heavy atom. The Balaban J connectivity index is 1.39.